The van der Waals surface area contributed by atoms with Crippen molar-refractivity contribution in [1.29, 1.82) is 0 Å². The van der Waals surface area contributed by atoms with E-state index in [2.05, 4.69) is 10.2 Å². The molecule has 0 aromatic heterocycles. The molecule has 0 radical (unpaired) electrons. The Balaban J connectivity index is 1.42. The maximum atomic E-state index is 12.0. The Hall–Kier alpha value is -3.02. The Morgan fingerprint density at radius 1 is 1.04 bits per heavy atom. The normalized spacial score (nSPS) is 14.4. The van der Waals surface area contributed by atoms with Crippen LogP contribution in [0.15, 0.2) is 48.5 Å². The van der Waals surface area contributed by atoms with Crippen molar-refractivity contribution in [2.75, 3.05) is 29.9 Å². The number of nitrogens with one attached hydrogen (secondary N) is 1. The highest BCUT2D eigenvalue weighted by Gasteiger charge is 2.18. The molecule has 1 unspecified atom stereocenters. The summed E-state index contributed by atoms with van der Waals surface area (Å²) in [5, 5.41) is 2.73. The minimum absolute atomic E-state index is 0.353. The topological polar surface area (TPSA) is 67.9 Å². The molecular formula is C22H26N2O4. The van der Waals surface area contributed by atoms with Gasteiger partial charge in [-0.3, -0.25) is 4.79 Å². The summed E-state index contributed by atoms with van der Waals surface area (Å²) in [7, 11) is 0. The summed E-state index contributed by atoms with van der Waals surface area (Å²) in [5.41, 5.74) is 2.93. The van der Waals surface area contributed by atoms with Gasteiger partial charge in [-0.15, -0.1) is 0 Å². The van der Waals surface area contributed by atoms with Gasteiger partial charge in [0.25, 0.3) is 5.91 Å². The van der Waals surface area contributed by atoms with Crippen molar-refractivity contribution in [2.24, 2.45) is 0 Å². The summed E-state index contributed by atoms with van der Waals surface area (Å²) in [4.78, 5) is 26.4. The van der Waals surface area contributed by atoms with Crippen LogP contribution in [-0.2, 0) is 14.3 Å². The van der Waals surface area contributed by atoms with Crippen molar-refractivity contribution in [3.05, 3.63) is 54.1 Å². The number of carbonyl (C=O) groups is 2. The molecule has 0 bridgehead atoms. The van der Waals surface area contributed by atoms with Crippen molar-refractivity contribution in [3.63, 3.8) is 0 Å². The van der Waals surface area contributed by atoms with E-state index in [1.807, 2.05) is 43.3 Å². The molecule has 0 aliphatic carbocycles. The van der Waals surface area contributed by atoms with Crippen molar-refractivity contribution in [2.45, 2.75) is 32.8 Å². The molecule has 1 atom stereocenters. The van der Waals surface area contributed by atoms with Crippen LogP contribution in [0.25, 0.3) is 0 Å². The fourth-order valence-corrected chi connectivity index (χ4v) is 3.05. The highest BCUT2D eigenvalue weighted by molar-refractivity contribution is 5.93. The summed E-state index contributed by atoms with van der Waals surface area (Å²) in [6.07, 6.45) is 1.64. The van der Waals surface area contributed by atoms with Gasteiger partial charge in [-0.1, -0.05) is 17.7 Å². The number of amides is 1. The molecule has 148 valence electrons. The van der Waals surface area contributed by atoms with E-state index >= 15 is 0 Å². The molecule has 0 saturated carbocycles. The van der Waals surface area contributed by atoms with E-state index in [1.54, 1.807) is 19.1 Å². The van der Waals surface area contributed by atoms with Gasteiger partial charge >= 0.3 is 5.97 Å². The molecule has 1 heterocycles. The minimum Gasteiger partial charge on any atom is -0.479 e. The average Bonchev–Trinajstić information content (AvgIpc) is 3.23. The summed E-state index contributed by atoms with van der Waals surface area (Å²) < 4.78 is 10.6. The van der Waals surface area contributed by atoms with Crippen LogP contribution in [0.3, 0.4) is 0 Å². The number of rotatable bonds is 7. The summed E-state index contributed by atoms with van der Waals surface area (Å²) in [6.45, 7) is 5.36. The second kappa shape index (κ2) is 9.26. The van der Waals surface area contributed by atoms with Crippen molar-refractivity contribution in [1.82, 2.24) is 0 Å². The third-order valence-electron chi connectivity index (χ3n) is 4.63. The Labute approximate surface area is 165 Å². The zero-order valence-electron chi connectivity index (χ0n) is 16.3. The van der Waals surface area contributed by atoms with Crippen molar-refractivity contribution < 1.29 is 19.1 Å². The van der Waals surface area contributed by atoms with Crippen molar-refractivity contribution in [3.8, 4) is 5.75 Å². The van der Waals surface area contributed by atoms with E-state index in [1.165, 1.54) is 12.8 Å². The summed E-state index contributed by atoms with van der Waals surface area (Å²) in [6, 6.07) is 15.1. The van der Waals surface area contributed by atoms with Gasteiger partial charge in [-0.2, -0.15) is 0 Å². The molecule has 28 heavy (non-hydrogen) atoms. The minimum atomic E-state index is -0.796. The van der Waals surface area contributed by atoms with Gasteiger partial charge in [0, 0.05) is 24.5 Å². The number of hydrogen-bond donors (Lipinski definition) is 1. The molecule has 1 amide bonds. The first-order chi connectivity index (χ1) is 13.5. The van der Waals surface area contributed by atoms with E-state index in [0.717, 1.165) is 24.3 Å². The third-order valence-corrected chi connectivity index (χ3v) is 4.63. The van der Waals surface area contributed by atoms with Crippen molar-refractivity contribution >= 4 is 23.3 Å². The summed E-state index contributed by atoms with van der Waals surface area (Å²) in [5.74, 6) is -0.387. The smallest absolute Gasteiger partial charge is 0.347 e. The molecule has 6 heteroatoms. The average molecular weight is 382 g/mol. The predicted octanol–water partition coefficient (Wildman–Crippen LogP) is 3.54. The molecule has 1 aliphatic heterocycles. The van der Waals surface area contributed by atoms with Gasteiger partial charge in [0.2, 0.25) is 0 Å². The molecule has 1 fully saturated rings. The molecule has 1 aliphatic rings. The maximum Gasteiger partial charge on any atom is 0.347 e. The van der Waals surface area contributed by atoms with Gasteiger partial charge in [-0.05, 0) is 63.1 Å². The van der Waals surface area contributed by atoms with Crippen LogP contribution < -0.4 is 15.0 Å². The number of carbonyl (C=O) groups excluding carboxylic acids is 2. The third kappa shape index (κ3) is 5.49. The van der Waals surface area contributed by atoms with Crippen LogP contribution in [-0.4, -0.2) is 37.7 Å². The SMILES string of the molecule is Cc1ccc(OC(C)C(=O)OCC(=O)Nc2ccc(N3CCCC3)cc2)cc1. The second-order valence-electron chi connectivity index (χ2n) is 6.97. The van der Waals surface area contributed by atoms with Crippen LogP contribution in [0.1, 0.15) is 25.3 Å². The molecule has 1 saturated heterocycles. The quantitative estimate of drug-likeness (QED) is 0.742. The monoisotopic (exact) mass is 382 g/mol. The molecule has 6 nitrogen and oxygen atoms in total. The highest BCUT2D eigenvalue weighted by atomic mass is 16.6. The van der Waals surface area contributed by atoms with Crippen LogP contribution >= 0.6 is 0 Å². The van der Waals surface area contributed by atoms with E-state index in [0.29, 0.717) is 11.4 Å². The zero-order chi connectivity index (χ0) is 19.9. The number of ether oxygens (including phenoxy) is 2. The number of esters is 1. The molecule has 3 rings (SSSR count). The lowest BCUT2D eigenvalue weighted by atomic mass is 10.2. The van der Waals surface area contributed by atoms with Gasteiger partial charge < -0.3 is 19.7 Å². The first-order valence-electron chi connectivity index (χ1n) is 9.56. The molecular weight excluding hydrogens is 356 g/mol. The van der Waals surface area contributed by atoms with Gasteiger partial charge in [-0.25, -0.2) is 4.79 Å². The Morgan fingerprint density at radius 2 is 1.68 bits per heavy atom. The number of anilines is 2. The Morgan fingerprint density at radius 3 is 2.32 bits per heavy atom. The van der Waals surface area contributed by atoms with E-state index < -0.39 is 12.1 Å². The fourth-order valence-electron chi connectivity index (χ4n) is 3.05. The van der Waals surface area contributed by atoms with Gasteiger partial charge in [0.15, 0.2) is 12.7 Å². The molecule has 2 aromatic carbocycles. The van der Waals surface area contributed by atoms with Crippen LogP contribution in [0.4, 0.5) is 11.4 Å². The van der Waals surface area contributed by atoms with Gasteiger partial charge in [0.1, 0.15) is 5.75 Å². The zero-order valence-corrected chi connectivity index (χ0v) is 16.3. The first-order valence-corrected chi connectivity index (χ1v) is 9.56. The first kappa shape index (κ1) is 19.7. The maximum absolute atomic E-state index is 12.0. The fraction of sp³-hybridized carbons (Fsp3) is 0.364. The van der Waals surface area contributed by atoms with Crippen LogP contribution in [0.5, 0.6) is 5.75 Å². The van der Waals surface area contributed by atoms with Crippen LogP contribution in [0.2, 0.25) is 0 Å². The summed E-state index contributed by atoms with van der Waals surface area (Å²) >= 11 is 0. The molecule has 1 N–H and O–H groups in total. The van der Waals surface area contributed by atoms with E-state index in [4.69, 9.17) is 9.47 Å². The van der Waals surface area contributed by atoms with E-state index in [9.17, 15) is 9.59 Å². The number of hydrogen-bond acceptors (Lipinski definition) is 5. The van der Waals surface area contributed by atoms with Crippen LogP contribution in [0, 0.1) is 6.92 Å². The Kier molecular flexibility index (Phi) is 6.53. The molecule has 0 spiro atoms. The lowest BCUT2D eigenvalue weighted by Crippen LogP contribution is -2.29. The second-order valence-corrected chi connectivity index (χ2v) is 6.97. The number of nitrogens with zero attached hydrogens (tertiary/aromatic N) is 1. The Bertz CT molecular complexity index is 796. The predicted molar refractivity (Wildman–Crippen MR) is 109 cm³/mol. The van der Waals surface area contributed by atoms with Gasteiger partial charge in [0.05, 0.1) is 0 Å². The highest BCUT2D eigenvalue weighted by Crippen LogP contribution is 2.22. The lowest BCUT2D eigenvalue weighted by Gasteiger charge is -2.18. The standard InChI is InChI=1S/C22H26N2O4/c1-16-5-11-20(12-6-16)28-17(2)22(26)27-15-21(25)23-18-7-9-19(10-8-18)24-13-3-4-14-24/h5-12,17H,3-4,13-15H2,1-2H3,(H,23,25). The number of aryl methyl sites for hydroxylation is 1. The number of benzene rings is 2. The van der Waals surface area contributed by atoms with E-state index in [-0.39, 0.29) is 12.5 Å². The molecule has 2 aromatic rings. The lowest BCUT2D eigenvalue weighted by molar-refractivity contribution is -0.153. The largest absolute Gasteiger partial charge is 0.479 e.